The zero-order valence-corrected chi connectivity index (χ0v) is 19.9. The Bertz CT molecular complexity index is 1590. The van der Waals surface area contributed by atoms with Crippen molar-refractivity contribution < 1.29 is 0 Å². The number of halogens is 1. The van der Waals surface area contributed by atoms with Crippen molar-refractivity contribution in [2.45, 2.75) is 12.5 Å². The number of rotatable bonds is 4. The summed E-state index contributed by atoms with van der Waals surface area (Å²) in [7, 11) is 3.69. The Hall–Kier alpha value is -3.74. The predicted octanol–water partition coefficient (Wildman–Crippen LogP) is 4.55. The zero-order valence-electron chi connectivity index (χ0n) is 19.2. The van der Waals surface area contributed by atoms with Crippen LogP contribution >= 0.6 is 11.6 Å². The number of aromatic nitrogens is 4. The first kappa shape index (κ1) is 22.1. The minimum absolute atomic E-state index is 0.0955. The van der Waals surface area contributed by atoms with Gasteiger partial charge in [0.25, 0.3) is 5.56 Å². The minimum Gasteiger partial charge on any atom is -0.336 e. The van der Waals surface area contributed by atoms with Crippen molar-refractivity contribution in [1.29, 1.82) is 0 Å². The highest BCUT2D eigenvalue weighted by atomic mass is 35.5. The van der Waals surface area contributed by atoms with E-state index in [0.717, 1.165) is 44.7 Å². The monoisotopic (exact) mass is 469 g/mol. The van der Waals surface area contributed by atoms with Gasteiger partial charge in [-0.15, -0.1) is 0 Å². The molecule has 170 valence electrons. The highest BCUT2D eigenvalue weighted by molar-refractivity contribution is 6.30. The van der Waals surface area contributed by atoms with Crippen LogP contribution in [0.2, 0.25) is 5.02 Å². The second kappa shape index (κ2) is 8.24. The van der Waals surface area contributed by atoms with Crippen LogP contribution in [0.4, 0.5) is 0 Å². The van der Waals surface area contributed by atoms with Gasteiger partial charge in [-0.2, -0.15) is 0 Å². The van der Waals surface area contributed by atoms with Gasteiger partial charge in [0.1, 0.15) is 5.54 Å². The predicted molar refractivity (Wildman–Crippen MR) is 136 cm³/mol. The molecule has 7 heteroatoms. The van der Waals surface area contributed by atoms with E-state index in [1.54, 1.807) is 30.2 Å². The molecule has 0 aliphatic rings. The van der Waals surface area contributed by atoms with Crippen LogP contribution in [0.5, 0.6) is 0 Å². The molecule has 5 rings (SSSR count). The normalized spacial score (nSPS) is 13.2. The lowest BCUT2D eigenvalue weighted by Crippen LogP contribution is -2.41. The van der Waals surface area contributed by atoms with Crippen molar-refractivity contribution in [1.82, 2.24) is 19.1 Å². The summed E-state index contributed by atoms with van der Waals surface area (Å²) in [5, 5.41) is 1.53. The molecule has 0 spiro atoms. The summed E-state index contributed by atoms with van der Waals surface area (Å²) in [4.78, 5) is 21.8. The number of aryl methyl sites for hydroxylation is 3. The van der Waals surface area contributed by atoms with Crippen LogP contribution in [0.25, 0.3) is 22.2 Å². The van der Waals surface area contributed by atoms with Crippen LogP contribution in [0, 0.1) is 6.92 Å². The fourth-order valence-corrected chi connectivity index (χ4v) is 4.65. The Morgan fingerprint density at radius 2 is 1.71 bits per heavy atom. The molecule has 0 amide bonds. The molecule has 0 saturated carbocycles. The Labute approximate surface area is 202 Å². The molecule has 0 bridgehead atoms. The quantitative estimate of drug-likeness (QED) is 0.419. The van der Waals surface area contributed by atoms with Gasteiger partial charge in [0.2, 0.25) is 0 Å². The number of hydrogen-bond donors (Lipinski definition) is 1. The Balaban J connectivity index is 1.84. The van der Waals surface area contributed by atoms with Crippen molar-refractivity contribution in [3.63, 3.8) is 0 Å². The van der Waals surface area contributed by atoms with Gasteiger partial charge in [-0.3, -0.25) is 9.78 Å². The van der Waals surface area contributed by atoms with Gasteiger partial charge in [0.05, 0.1) is 29.4 Å². The second-order valence-electron chi connectivity index (χ2n) is 8.56. The summed E-state index contributed by atoms with van der Waals surface area (Å²) < 4.78 is 3.56. The third-order valence-electron chi connectivity index (χ3n) is 6.39. The molecule has 2 aromatic carbocycles. The van der Waals surface area contributed by atoms with Crippen LogP contribution < -0.4 is 11.3 Å². The first-order chi connectivity index (χ1) is 16.3. The molecule has 3 aromatic heterocycles. The Morgan fingerprint density at radius 3 is 2.38 bits per heavy atom. The van der Waals surface area contributed by atoms with E-state index in [2.05, 4.69) is 16.0 Å². The summed E-state index contributed by atoms with van der Waals surface area (Å²) in [5.74, 6) is 0. The summed E-state index contributed by atoms with van der Waals surface area (Å²) in [6, 6.07) is 20.9. The second-order valence-corrected chi connectivity index (χ2v) is 8.99. The number of benzene rings is 2. The van der Waals surface area contributed by atoms with E-state index >= 15 is 0 Å². The van der Waals surface area contributed by atoms with Crippen LogP contribution in [-0.2, 0) is 19.6 Å². The lowest BCUT2D eigenvalue weighted by Gasteiger charge is -2.31. The van der Waals surface area contributed by atoms with E-state index in [-0.39, 0.29) is 5.56 Å². The van der Waals surface area contributed by atoms with E-state index in [9.17, 15) is 4.79 Å². The van der Waals surface area contributed by atoms with Gasteiger partial charge in [0.15, 0.2) is 0 Å². The number of hydrogen-bond acceptors (Lipinski definition) is 4. The van der Waals surface area contributed by atoms with Crippen LogP contribution in [-0.4, -0.2) is 19.1 Å². The van der Waals surface area contributed by atoms with Gasteiger partial charge in [-0.1, -0.05) is 35.9 Å². The largest absolute Gasteiger partial charge is 0.336 e. The SMILES string of the molecule is Cc1cccc(-c2cc(=O)n(C)c3ccc(C(N)(c4ccc(Cl)cc4)c4cncn4C)cc23)n1. The fourth-order valence-electron chi connectivity index (χ4n) is 4.52. The molecule has 5 aromatic rings. The molecule has 0 radical (unpaired) electrons. The van der Waals surface area contributed by atoms with E-state index < -0.39 is 5.54 Å². The van der Waals surface area contributed by atoms with E-state index in [1.165, 1.54) is 0 Å². The summed E-state index contributed by atoms with van der Waals surface area (Å²) in [6.45, 7) is 1.94. The maximum atomic E-state index is 12.8. The van der Waals surface area contributed by atoms with Crippen molar-refractivity contribution >= 4 is 22.5 Å². The first-order valence-electron chi connectivity index (χ1n) is 10.9. The third kappa shape index (κ3) is 3.52. The smallest absolute Gasteiger partial charge is 0.251 e. The minimum atomic E-state index is -1.00. The molecule has 3 heterocycles. The number of nitrogens with zero attached hydrogens (tertiary/aromatic N) is 4. The topological polar surface area (TPSA) is 78.7 Å². The molecular formula is C27H24ClN5O. The molecule has 1 atom stereocenters. The standard InChI is InChI=1S/C27H24ClN5O/c1-17-5-4-6-23(31-17)21-14-26(34)33(3)24-12-9-19(13-22(21)24)27(29,25-15-30-16-32(25)2)18-7-10-20(28)11-8-18/h4-16H,29H2,1-3H3. The number of imidazole rings is 1. The summed E-state index contributed by atoms with van der Waals surface area (Å²) in [5.41, 5.74) is 11.9. The van der Waals surface area contributed by atoms with E-state index in [4.69, 9.17) is 17.3 Å². The lowest BCUT2D eigenvalue weighted by molar-refractivity contribution is 0.596. The molecule has 6 nitrogen and oxygen atoms in total. The van der Waals surface area contributed by atoms with Crippen molar-refractivity contribution in [3.05, 3.63) is 117 Å². The van der Waals surface area contributed by atoms with Gasteiger partial charge >= 0.3 is 0 Å². The van der Waals surface area contributed by atoms with Crippen molar-refractivity contribution in [2.24, 2.45) is 19.8 Å². The summed E-state index contributed by atoms with van der Waals surface area (Å²) in [6.07, 6.45) is 3.52. The number of nitrogens with two attached hydrogens (primary N) is 1. The van der Waals surface area contributed by atoms with Gasteiger partial charge in [0, 0.05) is 41.8 Å². The van der Waals surface area contributed by atoms with Gasteiger partial charge in [-0.05, 0) is 54.4 Å². The van der Waals surface area contributed by atoms with Gasteiger partial charge in [-0.25, -0.2) is 4.98 Å². The molecule has 0 saturated heterocycles. The summed E-state index contributed by atoms with van der Waals surface area (Å²) >= 11 is 6.18. The van der Waals surface area contributed by atoms with Gasteiger partial charge < -0.3 is 14.9 Å². The first-order valence-corrected chi connectivity index (χ1v) is 11.3. The Kier molecular flexibility index (Phi) is 5.35. The third-order valence-corrected chi connectivity index (χ3v) is 6.64. The maximum absolute atomic E-state index is 12.8. The van der Waals surface area contributed by atoms with Crippen molar-refractivity contribution in [2.75, 3.05) is 0 Å². The Morgan fingerprint density at radius 1 is 0.971 bits per heavy atom. The number of fused-ring (bicyclic) bond motifs is 1. The molecule has 34 heavy (non-hydrogen) atoms. The average Bonchev–Trinajstić information content (AvgIpc) is 3.27. The van der Waals surface area contributed by atoms with E-state index in [1.807, 2.05) is 73.1 Å². The van der Waals surface area contributed by atoms with Crippen molar-refractivity contribution in [3.8, 4) is 11.3 Å². The molecule has 0 aliphatic heterocycles. The lowest BCUT2D eigenvalue weighted by atomic mass is 9.80. The fraction of sp³-hybridized carbons (Fsp3) is 0.148. The van der Waals surface area contributed by atoms with Crippen LogP contribution in [0.1, 0.15) is 22.5 Å². The van der Waals surface area contributed by atoms with Crippen LogP contribution in [0.3, 0.4) is 0 Å². The molecule has 2 N–H and O–H groups in total. The van der Waals surface area contributed by atoms with E-state index in [0.29, 0.717) is 5.02 Å². The molecule has 0 aliphatic carbocycles. The molecular weight excluding hydrogens is 446 g/mol. The number of pyridine rings is 2. The van der Waals surface area contributed by atoms with Crippen LogP contribution in [0.15, 0.2) is 84.0 Å². The highest BCUT2D eigenvalue weighted by Gasteiger charge is 2.35. The average molecular weight is 470 g/mol. The maximum Gasteiger partial charge on any atom is 0.251 e. The zero-order chi connectivity index (χ0) is 24.0. The highest BCUT2D eigenvalue weighted by Crippen LogP contribution is 2.37. The molecule has 1 unspecified atom stereocenters. The molecule has 0 fully saturated rings.